The average Bonchev–Trinajstić information content (AvgIpc) is 2.70. The minimum Gasteiger partial charge on any atom is -0.365 e. The van der Waals surface area contributed by atoms with E-state index >= 15 is 0 Å². The Bertz CT molecular complexity index is 743. The number of nitrogens with one attached hydrogen (secondary N) is 1. The first-order valence-corrected chi connectivity index (χ1v) is 6.36. The predicted octanol–water partition coefficient (Wildman–Crippen LogP) is 2.43. The number of aromatic nitrogens is 2. The Balaban J connectivity index is 2.28. The van der Waals surface area contributed by atoms with Crippen molar-refractivity contribution in [2.45, 2.75) is 20.4 Å². The summed E-state index contributed by atoms with van der Waals surface area (Å²) in [6.07, 6.45) is 0. The third-order valence-electron chi connectivity index (χ3n) is 3.39. The lowest BCUT2D eigenvalue weighted by Crippen LogP contribution is -2.07. The van der Waals surface area contributed by atoms with Crippen LogP contribution in [0.2, 0.25) is 0 Å². The van der Waals surface area contributed by atoms with Crippen LogP contribution < -0.4 is 5.32 Å². The van der Waals surface area contributed by atoms with Crippen molar-refractivity contribution in [1.82, 2.24) is 9.78 Å². The molecule has 0 saturated heterocycles. The summed E-state index contributed by atoms with van der Waals surface area (Å²) in [6.45, 7) is 3.87. The number of anilines is 1. The Morgan fingerprint density at radius 2 is 2.19 bits per heavy atom. The van der Waals surface area contributed by atoms with Crippen molar-refractivity contribution in [2.24, 2.45) is 7.05 Å². The zero-order chi connectivity index (χ0) is 15.6. The molecule has 1 aromatic heterocycles. The van der Waals surface area contributed by atoms with Gasteiger partial charge in [-0.05, 0) is 19.4 Å². The highest BCUT2D eigenvalue weighted by molar-refractivity contribution is 5.56. The number of rotatable bonds is 4. The third-order valence-corrected chi connectivity index (χ3v) is 3.39. The molecule has 0 amide bonds. The lowest BCUT2D eigenvalue weighted by atomic mass is 10.1. The molecule has 0 radical (unpaired) electrons. The molecule has 1 N–H and O–H groups in total. The van der Waals surface area contributed by atoms with Crippen LogP contribution in [0.5, 0.6) is 0 Å². The zero-order valence-electron chi connectivity index (χ0n) is 12.0. The van der Waals surface area contributed by atoms with Crippen molar-refractivity contribution >= 4 is 11.5 Å². The number of hydrogen-bond acceptors (Lipinski definition) is 5. The fourth-order valence-electron chi connectivity index (χ4n) is 2.23. The van der Waals surface area contributed by atoms with Crippen LogP contribution in [0, 0.1) is 35.3 Å². The first-order chi connectivity index (χ1) is 9.95. The number of aryl methyl sites for hydroxylation is 2. The van der Waals surface area contributed by atoms with E-state index in [0.717, 1.165) is 5.56 Å². The van der Waals surface area contributed by atoms with Crippen molar-refractivity contribution in [3.8, 4) is 6.07 Å². The first kappa shape index (κ1) is 14.5. The van der Waals surface area contributed by atoms with E-state index in [4.69, 9.17) is 5.26 Å². The van der Waals surface area contributed by atoms with Crippen LogP contribution in [0.25, 0.3) is 0 Å². The molecule has 0 fully saturated rings. The van der Waals surface area contributed by atoms with E-state index < -0.39 is 4.92 Å². The largest absolute Gasteiger partial charge is 0.365 e. The van der Waals surface area contributed by atoms with Gasteiger partial charge in [-0.15, -0.1) is 0 Å². The molecule has 2 aromatic rings. The summed E-state index contributed by atoms with van der Waals surface area (Å²) >= 11 is 0. The van der Waals surface area contributed by atoms with Crippen molar-refractivity contribution in [2.75, 3.05) is 5.32 Å². The Morgan fingerprint density at radius 3 is 2.81 bits per heavy atom. The molecule has 0 bridgehead atoms. The lowest BCUT2D eigenvalue weighted by molar-refractivity contribution is -0.385. The Labute approximate surface area is 122 Å². The highest BCUT2D eigenvalue weighted by atomic mass is 16.6. The Morgan fingerprint density at radius 1 is 1.48 bits per heavy atom. The molecule has 0 aliphatic carbocycles. The maximum absolute atomic E-state index is 10.9. The first-order valence-electron chi connectivity index (χ1n) is 6.36. The smallest absolute Gasteiger partial charge is 0.272 e. The minimum atomic E-state index is -0.395. The van der Waals surface area contributed by atoms with Crippen LogP contribution >= 0.6 is 0 Å². The van der Waals surface area contributed by atoms with Gasteiger partial charge in [0, 0.05) is 25.2 Å². The number of nitrogens with zero attached hydrogens (tertiary/aromatic N) is 4. The van der Waals surface area contributed by atoms with Gasteiger partial charge >= 0.3 is 0 Å². The summed E-state index contributed by atoms with van der Waals surface area (Å²) < 4.78 is 1.60. The molecule has 7 heteroatoms. The minimum absolute atomic E-state index is 0.0935. The topological polar surface area (TPSA) is 96.8 Å². The molecule has 2 rings (SSSR count). The molecule has 0 saturated carbocycles. The Hall–Kier alpha value is -2.88. The monoisotopic (exact) mass is 285 g/mol. The van der Waals surface area contributed by atoms with E-state index in [-0.39, 0.29) is 5.69 Å². The second kappa shape index (κ2) is 5.63. The van der Waals surface area contributed by atoms with Crippen LogP contribution in [0.4, 0.5) is 11.5 Å². The molecule has 0 spiro atoms. The second-order valence-electron chi connectivity index (χ2n) is 4.72. The highest BCUT2D eigenvalue weighted by Crippen LogP contribution is 2.23. The standard InChI is InChI=1S/C14H15N5O2/c1-9-11(5-4-6-13(9)19(20)21)8-16-14-12(7-15)10(2)17-18(14)3/h4-6,16H,8H2,1-3H3. The van der Waals surface area contributed by atoms with Crippen molar-refractivity contribution in [3.63, 3.8) is 0 Å². The maximum atomic E-state index is 10.9. The molecule has 108 valence electrons. The molecule has 0 aliphatic rings. The SMILES string of the molecule is Cc1nn(C)c(NCc2cccc([N+](=O)[O-])c2C)c1C#N. The molecular formula is C14H15N5O2. The quantitative estimate of drug-likeness (QED) is 0.687. The van der Waals surface area contributed by atoms with Gasteiger partial charge in [-0.2, -0.15) is 10.4 Å². The number of nitriles is 1. The van der Waals surface area contributed by atoms with Gasteiger partial charge in [-0.25, -0.2) is 0 Å². The summed E-state index contributed by atoms with van der Waals surface area (Å²) in [5, 5.41) is 27.4. The molecule has 0 unspecified atom stereocenters. The summed E-state index contributed by atoms with van der Waals surface area (Å²) in [5.41, 5.74) is 2.66. The third kappa shape index (κ3) is 2.69. The fourth-order valence-corrected chi connectivity index (χ4v) is 2.23. The summed E-state index contributed by atoms with van der Waals surface area (Å²) in [4.78, 5) is 10.5. The van der Waals surface area contributed by atoms with Crippen LogP contribution in [-0.2, 0) is 13.6 Å². The van der Waals surface area contributed by atoms with Gasteiger partial charge < -0.3 is 5.32 Å². The molecule has 0 atom stereocenters. The normalized spacial score (nSPS) is 10.2. The predicted molar refractivity (Wildman–Crippen MR) is 77.8 cm³/mol. The number of nitro groups is 1. The van der Waals surface area contributed by atoms with Crippen LogP contribution in [0.3, 0.4) is 0 Å². The van der Waals surface area contributed by atoms with E-state index in [1.807, 2.05) is 6.07 Å². The molecule has 21 heavy (non-hydrogen) atoms. The van der Waals surface area contributed by atoms with Crippen LogP contribution in [-0.4, -0.2) is 14.7 Å². The van der Waals surface area contributed by atoms with Crippen molar-refractivity contribution in [3.05, 3.63) is 50.7 Å². The van der Waals surface area contributed by atoms with Gasteiger partial charge in [-0.1, -0.05) is 12.1 Å². The van der Waals surface area contributed by atoms with E-state index in [2.05, 4.69) is 16.5 Å². The van der Waals surface area contributed by atoms with Crippen molar-refractivity contribution in [1.29, 1.82) is 5.26 Å². The van der Waals surface area contributed by atoms with Gasteiger partial charge in [0.15, 0.2) is 0 Å². The average molecular weight is 285 g/mol. The molecule has 1 aromatic carbocycles. The van der Waals surface area contributed by atoms with Gasteiger partial charge in [0.25, 0.3) is 5.69 Å². The van der Waals surface area contributed by atoms with E-state index in [1.165, 1.54) is 6.07 Å². The summed E-state index contributed by atoms with van der Waals surface area (Å²) in [6, 6.07) is 7.07. The zero-order valence-corrected chi connectivity index (χ0v) is 12.0. The lowest BCUT2D eigenvalue weighted by Gasteiger charge is -2.09. The van der Waals surface area contributed by atoms with Crippen molar-refractivity contribution < 1.29 is 4.92 Å². The molecule has 0 aliphatic heterocycles. The molecule has 7 nitrogen and oxygen atoms in total. The number of nitro benzene ring substituents is 1. The summed E-state index contributed by atoms with van der Waals surface area (Å²) in [5.74, 6) is 0.612. The van der Waals surface area contributed by atoms with Gasteiger partial charge in [0.1, 0.15) is 17.5 Å². The van der Waals surface area contributed by atoms with Gasteiger partial charge in [-0.3, -0.25) is 14.8 Å². The number of benzene rings is 1. The van der Waals surface area contributed by atoms with Crippen LogP contribution in [0.15, 0.2) is 18.2 Å². The Kier molecular flexibility index (Phi) is 3.89. The molecular weight excluding hydrogens is 270 g/mol. The second-order valence-corrected chi connectivity index (χ2v) is 4.72. The van der Waals surface area contributed by atoms with Gasteiger partial charge in [0.2, 0.25) is 0 Å². The van der Waals surface area contributed by atoms with E-state index in [9.17, 15) is 10.1 Å². The van der Waals surface area contributed by atoms with Crippen LogP contribution in [0.1, 0.15) is 22.4 Å². The van der Waals surface area contributed by atoms with E-state index in [0.29, 0.717) is 29.2 Å². The van der Waals surface area contributed by atoms with E-state index in [1.54, 1.807) is 31.6 Å². The summed E-state index contributed by atoms with van der Waals surface area (Å²) in [7, 11) is 1.75. The van der Waals surface area contributed by atoms with Gasteiger partial charge in [0.05, 0.1) is 10.6 Å². The fraction of sp³-hybridized carbons (Fsp3) is 0.286. The molecule has 1 heterocycles. The maximum Gasteiger partial charge on any atom is 0.272 e. The highest BCUT2D eigenvalue weighted by Gasteiger charge is 2.15. The number of hydrogen-bond donors (Lipinski definition) is 1.